The van der Waals surface area contributed by atoms with Crippen LogP contribution in [0.3, 0.4) is 0 Å². The van der Waals surface area contributed by atoms with E-state index in [1.165, 1.54) is 6.92 Å². The third-order valence-corrected chi connectivity index (χ3v) is 2.79. The molecule has 0 saturated carbocycles. The van der Waals surface area contributed by atoms with Crippen LogP contribution in [0.2, 0.25) is 0 Å². The summed E-state index contributed by atoms with van der Waals surface area (Å²) in [6.45, 7) is 4.74. The highest BCUT2D eigenvalue weighted by atomic mass is 19.3. The van der Waals surface area contributed by atoms with Crippen LogP contribution in [0.5, 0.6) is 0 Å². The zero-order valence-corrected chi connectivity index (χ0v) is 10.7. The van der Waals surface area contributed by atoms with Crippen molar-refractivity contribution in [1.82, 2.24) is 0 Å². The average Bonchev–Trinajstić information content (AvgIpc) is 2.28. The van der Waals surface area contributed by atoms with E-state index in [-0.39, 0.29) is 12.2 Å². The van der Waals surface area contributed by atoms with Gasteiger partial charge in [-0.25, -0.2) is 4.79 Å². The number of alkyl halides is 2. The highest BCUT2D eigenvalue weighted by molar-refractivity contribution is 5.79. The van der Waals surface area contributed by atoms with Crippen LogP contribution in [0.4, 0.5) is 8.78 Å². The van der Waals surface area contributed by atoms with Crippen LogP contribution >= 0.6 is 0 Å². The summed E-state index contributed by atoms with van der Waals surface area (Å²) in [7, 11) is 0. The SMILES string of the molecule is CCOC(=O)C(F)(F)[C@@H](N)c1c(C)cccc1C. The Bertz CT molecular complexity index is 426. The normalized spacial score (nSPS) is 13.2. The molecule has 0 radical (unpaired) electrons. The Balaban J connectivity index is 3.13. The quantitative estimate of drug-likeness (QED) is 0.843. The minimum Gasteiger partial charge on any atom is -0.462 e. The number of carbonyl (C=O) groups is 1. The smallest absolute Gasteiger partial charge is 0.379 e. The molecule has 0 fully saturated rings. The molecule has 0 aliphatic carbocycles. The fraction of sp³-hybridized carbons (Fsp3) is 0.462. The first kappa shape index (κ1) is 14.6. The molecule has 1 atom stereocenters. The van der Waals surface area contributed by atoms with Crippen LogP contribution in [0.1, 0.15) is 29.7 Å². The zero-order valence-electron chi connectivity index (χ0n) is 10.7. The van der Waals surface area contributed by atoms with Crippen molar-refractivity contribution >= 4 is 5.97 Å². The lowest BCUT2D eigenvalue weighted by molar-refractivity contribution is -0.174. The van der Waals surface area contributed by atoms with Gasteiger partial charge in [-0.2, -0.15) is 8.78 Å². The van der Waals surface area contributed by atoms with E-state index in [9.17, 15) is 13.6 Å². The summed E-state index contributed by atoms with van der Waals surface area (Å²) in [4.78, 5) is 11.2. The molecule has 0 unspecified atom stereocenters. The second-order valence-electron chi connectivity index (χ2n) is 4.13. The van der Waals surface area contributed by atoms with Gasteiger partial charge in [0, 0.05) is 0 Å². The number of rotatable bonds is 4. The molecule has 18 heavy (non-hydrogen) atoms. The molecule has 0 aromatic heterocycles. The topological polar surface area (TPSA) is 52.3 Å². The van der Waals surface area contributed by atoms with E-state index < -0.39 is 17.9 Å². The largest absolute Gasteiger partial charge is 0.462 e. The number of hydrogen-bond donors (Lipinski definition) is 1. The summed E-state index contributed by atoms with van der Waals surface area (Å²) in [5, 5.41) is 0. The highest BCUT2D eigenvalue weighted by Crippen LogP contribution is 2.33. The van der Waals surface area contributed by atoms with Crippen molar-refractivity contribution in [3.63, 3.8) is 0 Å². The van der Waals surface area contributed by atoms with E-state index in [4.69, 9.17) is 5.73 Å². The second-order valence-corrected chi connectivity index (χ2v) is 4.13. The van der Waals surface area contributed by atoms with Gasteiger partial charge in [-0.05, 0) is 37.5 Å². The summed E-state index contributed by atoms with van der Waals surface area (Å²) >= 11 is 0. The lowest BCUT2D eigenvalue weighted by Gasteiger charge is -2.24. The summed E-state index contributed by atoms with van der Waals surface area (Å²) in [6, 6.07) is 3.42. The Morgan fingerprint density at radius 2 is 1.89 bits per heavy atom. The van der Waals surface area contributed by atoms with Crippen LogP contribution in [0.25, 0.3) is 0 Å². The third-order valence-electron chi connectivity index (χ3n) is 2.79. The van der Waals surface area contributed by atoms with Crippen molar-refractivity contribution in [3.8, 4) is 0 Å². The monoisotopic (exact) mass is 257 g/mol. The number of carbonyl (C=O) groups excluding carboxylic acids is 1. The minimum atomic E-state index is -3.73. The maximum absolute atomic E-state index is 13.8. The maximum Gasteiger partial charge on any atom is 0.379 e. The van der Waals surface area contributed by atoms with Crippen molar-refractivity contribution in [2.75, 3.05) is 6.61 Å². The van der Waals surface area contributed by atoms with E-state index in [1.807, 2.05) is 0 Å². The van der Waals surface area contributed by atoms with E-state index in [2.05, 4.69) is 4.74 Å². The Morgan fingerprint density at radius 3 is 2.33 bits per heavy atom. The molecule has 0 saturated heterocycles. The molecule has 0 heterocycles. The van der Waals surface area contributed by atoms with Gasteiger partial charge in [-0.3, -0.25) is 0 Å². The van der Waals surface area contributed by atoms with Crippen molar-refractivity contribution in [1.29, 1.82) is 0 Å². The fourth-order valence-electron chi connectivity index (χ4n) is 1.85. The predicted octanol–water partition coefficient (Wildman–Crippen LogP) is 2.50. The van der Waals surface area contributed by atoms with E-state index in [1.54, 1.807) is 32.0 Å². The third kappa shape index (κ3) is 2.67. The van der Waals surface area contributed by atoms with Crippen molar-refractivity contribution in [2.24, 2.45) is 5.73 Å². The van der Waals surface area contributed by atoms with Crippen LogP contribution in [0.15, 0.2) is 18.2 Å². The molecule has 2 N–H and O–H groups in total. The first-order chi connectivity index (χ1) is 8.32. The molecule has 0 bridgehead atoms. The summed E-state index contributed by atoms with van der Waals surface area (Å²) in [6.07, 6.45) is 0. The lowest BCUT2D eigenvalue weighted by atomic mass is 9.93. The first-order valence-electron chi connectivity index (χ1n) is 5.69. The van der Waals surface area contributed by atoms with Crippen LogP contribution in [-0.2, 0) is 9.53 Å². The van der Waals surface area contributed by atoms with E-state index in [0.29, 0.717) is 11.1 Å². The standard InChI is InChI=1S/C13H17F2NO2/c1-4-18-12(17)13(14,15)11(16)10-8(2)6-5-7-9(10)3/h5-7,11H,4,16H2,1-3H3/t11-/m0/s1. The maximum atomic E-state index is 13.8. The predicted molar refractivity (Wildman–Crippen MR) is 64.4 cm³/mol. The van der Waals surface area contributed by atoms with Gasteiger partial charge in [0.25, 0.3) is 0 Å². The van der Waals surface area contributed by atoms with Gasteiger partial charge in [-0.1, -0.05) is 18.2 Å². The van der Waals surface area contributed by atoms with Crippen LogP contribution in [0, 0.1) is 13.8 Å². The Morgan fingerprint density at radius 1 is 1.39 bits per heavy atom. The number of hydrogen-bond acceptors (Lipinski definition) is 3. The molecule has 0 aliphatic heterocycles. The van der Waals surface area contributed by atoms with Crippen molar-refractivity contribution < 1.29 is 18.3 Å². The van der Waals surface area contributed by atoms with Gasteiger partial charge in [0.05, 0.1) is 6.61 Å². The highest BCUT2D eigenvalue weighted by Gasteiger charge is 2.48. The van der Waals surface area contributed by atoms with E-state index >= 15 is 0 Å². The van der Waals surface area contributed by atoms with Crippen molar-refractivity contribution in [3.05, 3.63) is 34.9 Å². The van der Waals surface area contributed by atoms with E-state index in [0.717, 1.165) is 0 Å². The number of ether oxygens (including phenoxy) is 1. The number of benzene rings is 1. The zero-order chi connectivity index (χ0) is 13.9. The van der Waals surface area contributed by atoms with Gasteiger partial charge in [-0.15, -0.1) is 0 Å². The Hall–Kier alpha value is -1.49. The van der Waals surface area contributed by atoms with Gasteiger partial charge in [0.2, 0.25) is 0 Å². The number of nitrogens with two attached hydrogens (primary N) is 1. The minimum absolute atomic E-state index is 0.103. The lowest BCUT2D eigenvalue weighted by Crippen LogP contribution is -2.42. The molecule has 5 heteroatoms. The fourth-order valence-corrected chi connectivity index (χ4v) is 1.85. The summed E-state index contributed by atoms with van der Waals surface area (Å²) in [5.74, 6) is -5.31. The Labute approximate surface area is 105 Å². The molecule has 100 valence electrons. The average molecular weight is 257 g/mol. The molecular weight excluding hydrogens is 240 g/mol. The first-order valence-corrected chi connectivity index (χ1v) is 5.69. The van der Waals surface area contributed by atoms with Crippen LogP contribution < -0.4 is 5.73 Å². The molecule has 0 spiro atoms. The van der Waals surface area contributed by atoms with Crippen molar-refractivity contribution in [2.45, 2.75) is 32.7 Å². The number of halogens is 2. The Kier molecular flexibility index (Phi) is 4.40. The molecular formula is C13H17F2NO2. The number of aryl methyl sites for hydroxylation is 2. The number of esters is 1. The molecule has 1 aromatic carbocycles. The molecule has 3 nitrogen and oxygen atoms in total. The van der Waals surface area contributed by atoms with Gasteiger partial charge >= 0.3 is 11.9 Å². The second kappa shape index (κ2) is 5.44. The van der Waals surface area contributed by atoms with Gasteiger partial charge < -0.3 is 10.5 Å². The van der Waals surface area contributed by atoms with Gasteiger partial charge in [0.1, 0.15) is 6.04 Å². The van der Waals surface area contributed by atoms with Gasteiger partial charge in [0.15, 0.2) is 0 Å². The van der Waals surface area contributed by atoms with Crippen LogP contribution in [-0.4, -0.2) is 18.5 Å². The summed E-state index contributed by atoms with van der Waals surface area (Å²) < 4.78 is 32.0. The molecule has 0 aliphatic rings. The molecule has 1 rings (SSSR count). The molecule has 1 aromatic rings. The summed E-state index contributed by atoms with van der Waals surface area (Å²) in [5.41, 5.74) is 7.10. The molecule has 0 amide bonds.